The van der Waals surface area contributed by atoms with Crippen LogP contribution in [0.25, 0.3) is 0 Å². The molecule has 0 heterocycles. The number of rotatable bonds is 5. The molecule has 0 radical (unpaired) electrons. The van der Waals surface area contributed by atoms with Crippen LogP contribution in [0.1, 0.15) is 38.2 Å². The SMILES string of the molecule is CCN(Cc1ccccc1)[C@@H]1CCCC[C@@H]1NC. The second-order valence-corrected chi connectivity index (χ2v) is 5.30. The van der Waals surface area contributed by atoms with Crippen molar-refractivity contribution in [1.29, 1.82) is 0 Å². The third-order valence-corrected chi connectivity index (χ3v) is 4.20. The molecule has 1 aromatic rings. The molecule has 2 atom stereocenters. The van der Waals surface area contributed by atoms with Crippen molar-refractivity contribution in [1.82, 2.24) is 10.2 Å². The molecule has 1 fully saturated rings. The third kappa shape index (κ3) is 3.33. The smallest absolute Gasteiger partial charge is 0.0252 e. The molecule has 1 saturated carbocycles. The zero-order chi connectivity index (χ0) is 12.8. The molecule has 0 aromatic heterocycles. The van der Waals surface area contributed by atoms with Crippen molar-refractivity contribution in [3.8, 4) is 0 Å². The van der Waals surface area contributed by atoms with Gasteiger partial charge in [-0.05, 0) is 32.0 Å². The summed E-state index contributed by atoms with van der Waals surface area (Å²) in [4.78, 5) is 2.63. The van der Waals surface area contributed by atoms with Gasteiger partial charge in [-0.2, -0.15) is 0 Å². The van der Waals surface area contributed by atoms with E-state index in [0.717, 1.165) is 13.1 Å². The predicted octanol–water partition coefficient (Wildman–Crippen LogP) is 3.04. The monoisotopic (exact) mass is 246 g/mol. The average molecular weight is 246 g/mol. The van der Waals surface area contributed by atoms with Gasteiger partial charge in [0.2, 0.25) is 0 Å². The lowest BCUT2D eigenvalue weighted by Gasteiger charge is -2.39. The zero-order valence-electron chi connectivity index (χ0n) is 11.7. The van der Waals surface area contributed by atoms with Crippen LogP contribution < -0.4 is 5.32 Å². The molecule has 0 spiro atoms. The molecule has 18 heavy (non-hydrogen) atoms. The molecule has 0 bridgehead atoms. The number of hydrogen-bond donors (Lipinski definition) is 1. The standard InChI is InChI=1S/C16H26N2/c1-3-18(13-14-9-5-4-6-10-14)16-12-8-7-11-15(16)17-2/h4-6,9-10,15-17H,3,7-8,11-13H2,1-2H3/t15-,16+/m0/s1. The quantitative estimate of drug-likeness (QED) is 0.859. The van der Waals surface area contributed by atoms with Crippen LogP contribution >= 0.6 is 0 Å². The maximum absolute atomic E-state index is 3.51. The van der Waals surface area contributed by atoms with Crippen molar-refractivity contribution >= 4 is 0 Å². The molecule has 1 aromatic carbocycles. The Bertz CT molecular complexity index is 336. The fourth-order valence-electron chi connectivity index (χ4n) is 3.17. The van der Waals surface area contributed by atoms with E-state index in [2.05, 4.69) is 54.5 Å². The van der Waals surface area contributed by atoms with Gasteiger partial charge in [0.15, 0.2) is 0 Å². The Morgan fingerprint density at radius 3 is 2.56 bits per heavy atom. The summed E-state index contributed by atoms with van der Waals surface area (Å²) in [5.41, 5.74) is 1.43. The second-order valence-electron chi connectivity index (χ2n) is 5.30. The van der Waals surface area contributed by atoms with Gasteiger partial charge in [-0.15, -0.1) is 0 Å². The van der Waals surface area contributed by atoms with E-state index in [1.807, 2.05) is 0 Å². The summed E-state index contributed by atoms with van der Waals surface area (Å²) in [6.07, 6.45) is 5.43. The molecule has 2 nitrogen and oxygen atoms in total. The van der Waals surface area contributed by atoms with Crippen LogP contribution in [0.4, 0.5) is 0 Å². The van der Waals surface area contributed by atoms with Gasteiger partial charge in [0.1, 0.15) is 0 Å². The number of likely N-dealkylation sites (N-methyl/N-ethyl adjacent to an activating group) is 2. The first-order valence-corrected chi connectivity index (χ1v) is 7.30. The van der Waals surface area contributed by atoms with Crippen LogP contribution in [0.15, 0.2) is 30.3 Å². The Labute approximate surface area is 111 Å². The van der Waals surface area contributed by atoms with Gasteiger partial charge in [0.05, 0.1) is 0 Å². The minimum atomic E-state index is 0.669. The molecular formula is C16H26N2. The normalized spacial score (nSPS) is 24.4. The molecule has 0 unspecified atom stereocenters. The van der Waals surface area contributed by atoms with E-state index in [-0.39, 0.29) is 0 Å². The lowest BCUT2D eigenvalue weighted by Crippen LogP contribution is -2.50. The summed E-state index contributed by atoms with van der Waals surface area (Å²) in [5, 5.41) is 3.51. The second kappa shape index (κ2) is 6.91. The van der Waals surface area contributed by atoms with Gasteiger partial charge in [0, 0.05) is 18.6 Å². The van der Waals surface area contributed by atoms with Crippen molar-refractivity contribution in [2.75, 3.05) is 13.6 Å². The molecule has 0 amide bonds. The van der Waals surface area contributed by atoms with Gasteiger partial charge in [0.25, 0.3) is 0 Å². The first-order chi connectivity index (χ1) is 8.85. The van der Waals surface area contributed by atoms with Gasteiger partial charge in [-0.1, -0.05) is 50.1 Å². The Kier molecular flexibility index (Phi) is 5.21. The minimum Gasteiger partial charge on any atom is -0.315 e. The van der Waals surface area contributed by atoms with E-state index in [1.54, 1.807) is 0 Å². The average Bonchev–Trinajstić information content (AvgIpc) is 2.46. The van der Waals surface area contributed by atoms with Crippen molar-refractivity contribution in [3.63, 3.8) is 0 Å². The van der Waals surface area contributed by atoms with E-state index in [4.69, 9.17) is 0 Å². The van der Waals surface area contributed by atoms with Crippen molar-refractivity contribution in [3.05, 3.63) is 35.9 Å². The van der Waals surface area contributed by atoms with Gasteiger partial charge >= 0.3 is 0 Å². The largest absolute Gasteiger partial charge is 0.315 e. The van der Waals surface area contributed by atoms with E-state index in [9.17, 15) is 0 Å². The molecule has 100 valence electrons. The molecule has 1 N–H and O–H groups in total. The van der Waals surface area contributed by atoms with E-state index >= 15 is 0 Å². The number of nitrogens with zero attached hydrogens (tertiary/aromatic N) is 1. The van der Waals surface area contributed by atoms with Crippen molar-refractivity contribution < 1.29 is 0 Å². The molecule has 0 aliphatic heterocycles. The van der Waals surface area contributed by atoms with E-state index in [1.165, 1.54) is 31.2 Å². The Morgan fingerprint density at radius 2 is 1.89 bits per heavy atom. The van der Waals surface area contributed by atoms with Crippen LogP contribution in [0, 0.1) is 0 Å². The van der Waals surface area contributed by atoms with Crippen LogP contribution in [-0.4, -0.2) is 30.6 Å². The van der Waals surface area contributed by atoms with Crippen LogP contribution in [0.3, 0.4) is 0 Å². The molecule has 1 aliphatic carbocycles. The fourth-order valence-corrected chi connectivity index (χ4v) is 3.17. The predicted molar refractivity (Wildman–Crippen MR) is 77.6 cm³/mol. The highest BCUT2D eigenvalue weighted by atomic mass is 15.2. The Morgan fingerprint density at radius 1 is 1.17 bits per heavy atom. The lowest BCUT2D eigenvalue weighted by molar-refractivity contribution is 0.124. The molecule has 2 heteroatoms. The number of hydrogen-bond acceptors (Lipinski definition) is 2. The highest BCUT2D eigenvalue weighted by Gasteiger charge is 2.28. The van der Waals surface area contributed by atoms with Crippen LogP contribution in [0.2, 0.25) is 0 Å². The topological polar surface area (TPSA) is 15.3 Å². The minimum absolute atomic E-state index is 0.669. The summed E-state index contributed by atoms with van der Waals surface area (Å²) >= 11 is 0. The molecular weight excluding hydrogens is 220 g/mol. The highest BCUT2D eigenvalue weighted by molar-refractivity contribution is 5.14. The van der Waals surface area contributed by atoms with Crippen molar-refractivity contribution in [2.45, 2.75) is 51.2 Å². The van der Waals surface area contributed by atoms with Gasteiger partial charge in [-0.25, -0.2) is 0 Å². The maximum Gasteiger partial charge on any atom is 0.0252 e. The van der Waals surface area contributed by atoms with E-state index < -0.39 is 0 Å². The fraction of sp³-hybridized carbons (Fsp3) is 0.625. The Hall–Kier alpha value is -0.860. The van der Waals surface area contributed by atoms with Crippen LogP contribution in [0.5, 0.6) is 0 Å². The molecule has 2 rings (SSSR count). The summed E-state index contributed by atoms with van der Waals surface area (Å²) in [7, 11) is 2.11. The van der Waals surface area contributed by atoms with Gasteiger partial charge in [-0.3, -0.25) is 4.90 Å². The lowest BCUT2D eigenvalue weighted by atomic mass is 9.89. The molecule has 1 aliphatic rings. The summed E-state index contributed by atoms with van der Waals surface area (Å²) in [6.45, 7) is 4.50. The molecule has 0 saturated heterocycles. The van der Waals surface area contributed by atoms with Crippen molar-refractivity contribution in [2.24, 2.45) is 0 Å². The summed E-state index contributed by atoms with van der Waals surface area (Å²) in [6, 6.07) is 12.2. The first-order valence-electron chi connectivity index (χ1n) is 7.30. The Balaban J connectivity index is 2.03. The maximum atomic E-state index is 3.51. The van der Waals surface area contributed by atoms with Gasteiger partial charge < -0.3 is 5.32 Å². The third-order valence-electron chi connectivity index (χ3n) is 4.20. The van der Waals surface area contributed by atoms with E-state index in [0.29, 0.717) is 12.1 Å². The summed E-state index contributed by atoms with van der Waals surface area (Å²) < 4.78 is 0. The van der Waals surface area contributed by atoms with Crippen LogP contribution in [-0.2, 0) is 6.54 Å². The number of benzene rings is 1. The zero-order valence-corrected chi connectivity index (χ0v) is 11.7. The summed E-state index contributed by atoms with van der Waals surface area (Å²) in [5.74, 6) is 0. The highest BCUT2D eigenvalue weighted by Crippen LogP contribution is 2.24. The first kappa shape index (κ1) is 13.6. The number of nitrogens with one attached hydrogen (secondary N) is 1.